The van der Waals surface area contributed by atoms with Crippen LogP contribution in [0.2, 0.25) is 0 Å². The van der Waals surface area contributed by atoms with Crippen LogP contribution in [0, 0.1) is 0 Å². The first kappa shape index (κ1) is 20.0. The number of likely N-dealkylation sites (tertiary alicyclic amines) is 1. The number of guanidine groups is 1. The third-order valence-electron chi connectivity index (χ3n) is 5.52. The Hall–Kier alpha value is -1.30. The van der Waals surface area contributed by atoms with E-state index in [0.717, 1.165) is 32.0 Å². The third kappa shape index (κ3) is 7.22. The lowest BCUT2D eigenvalue weighted by Gasteiger charge is -2.35. The van der Waals surface area contributed by atoms with Gasteiger partial charge in [0.1, 0.15) is 0 Å². The van der Waals surface area contributed by atoms with Gasteiger partial charge in [-0.15, -0.1) is 0 Å². The molecule has 0 spiro atoms. The van der Waals surface area contributed by atoms with Gasteiger partial charge in [-0.25, -0.2) is 0 Å². The molecule has 144 valence electrons. The van der Waals surface area contributed by atoms with Crippen LogP contribution in [0.15, 0.2) is 4.99 Å². The highest BCUT2D eigenvalue weighted by Crippen LogP contribution is 2.18. The molecule has 1 aliphatic heterocycles. The maximum atomic E-state index is 12.1. The van der Waals surface area contributed by atoms with Crippen molar-refractivity contribution in [2.75, 3.05) is 33.2 Å². The van der Waals surface area contributed by atoms with E-state index >= 15 is 0 Å². The number of carbonyl (C=O) groups is 1. The fourth-order valence-electron chi connectivity index (χ4n) is 4.04. The Morgan fingerprint density at radius 1 is 1.08 bits per heavy atom. The van der Waals surface area contributed by atoms with Crippen molar-refractivity contribution in [2.45, 2.75) is 76.8 Å². The maximum Gasteiger partial charge on any atom is 0.239 e. The first-order valence-electron chi connectivity index (χ1n) is 10.2. The van der Waals surface area contributed by atoms with Crippen molar-refractivity contribution >= 4 is 11.9 Å². The van der Waals surface area contributed by atoms with E-state index in [1.54, 1.807) is 7.05 Å². The first-order chi connectivity index (χ1) is 12.2. The summed E-state index contributed by atoms with van der Waals surface area (Å²) < 4.78 is 0. The Bertz CT molecular complexity index is 420. The van der Waals surface area contributed by atoms with Gasteiger partial charge in [0.2, 0.25) is 5.91 Å². The van der Waals surface area contributed by atoms with Crippen LogP contribution in [0.25, 0.3) is 0 Å². The number of carbonyl (C=O) groups excluding carboxylic acids is 1. The standard InChI is InChI=1S/C19H37N5O/c1-3-17-11-7-8-13-24(17)14-12-21-19(20-2)22-15-18(25)23-16-9-5-4-6-10-16/h16-17H,3-15H2,1-2H3,(H,23,25)(H2,20,21,22). The lowest BCUT2D eigenvalue weighted by molar-refractivity contribution is -0.120. The molecule has 1 saturated heterocycles. The highest BCUT2D eigenvalue weighted by atomic mass is 16.2. The molecule has 2 fully saturated rings. The molecule has 0 aromatic carbocycles. The zero-order valence-electron chi connectivity index (χ0n) is 16.1. The summed E-state index contributed by atoms with van der Waals surface area (Å²) in [5, 5.41) is 9.59. The molecule has 6 heteroatoms. The van der Waals surface area contributed by atoms with Crippen molar-refractivity contribution in [2.24, 2.45) is 4.99 Å². The Labute approximate surface area is 153 Å². The number of hydrogen-bond donors (Lipinski definition) is 3. The number of piperidine rings is 1. The summed E-state index contributed by atoms with van der Waals surface area (Å²) in [6.07, 6.45) is 11.2. The number of aliphatic imine (C=N–C) groups is 1. The smallest absolute Gasteiger partial charge is 0.239 e. The molecule has 6 nitrogen and oxygen atoms in total. The van der Waals surface area contributed by atoms with Crippen molar-refractivity contribution in [1.82, 2.24) is 20.9 Å². The van der Waals surface area contributed by atoms with E-state index in [9.17, 15) is 4.79 Å². The van der Waals surface area contributed by atoms with Crippen molar-refractivity contribution in [3.8, 4) is 0 Å². The largest absolute Gasteiger partial charge is 0.355 e. The molecule has 2 rings (SSSR count). The number of amides is 1. The van der Waals surface area contributed by atoms with Gasteiger partial charge in [-0.05, 0) is 38.6 Å². The molecule has 2 aliphatic rings. The van der Waals surface area contributed by atoms with E-state index in [1.165, 1.54) is 51.5 Å². The van der Waals surface area contributed by atoms with E-state index in [-0.39, 0.29) is 12.5 Å². The number of nitrogens with one attached hydrogen (secondary N) is 3. The lowest BCUT2D eigenvalue weighted by atomic mass is 9.95. The second-order valence-corrected chi connectivity index (χ2v) is 7.35. The summed E-state index contributed by atoms with van der Waals surface area (Å²) in [7, 11) is 1.75. The zero-order valence-corrected chi connectivity index (χ0v) is 16.1. The first-order valence-corrected chi connectivity index (χ1v) is 10.2. The van der Waals surface area contributed by atoms with Gasteiger partial charge in [0.15, 0.2) is 5.96 Å². The Balaban J connectivity index is 1.62. The Morgan fingerprint density at radius 3 is 2.56 bits per heavy atom. The minimum Gasteiger partial charge on any atom is -0.355 e. The van der Waals surface area contributed by atoms with Gasteiger partial charge in [-0.1, -0.05) is 32.6 Å². The quantitative estimate of drug-likeness (QED) is 0.484. The van der Waals surface area contributed by atoms with Crippen LogP contribution >= 0.6 is 0 Å². The molecule has 1 aliphatic carbocycles. The predicted molar refractivity (Wildman–Crippen MR) is 104 cm³/mol. The average Bonchev–Trinajstić information content (AvgIpc) is 2.65. The zero-order chi connectivity index (χ0) is 17.9. The molecule has 0 aromatic heterocycles. The van der Waals surface area contributed by atoms with E-state index in [0.29, 0.717) is 12.0 Å². The van der Waals surface area contributed by atoms with Crippen LogP contribution in [-0.2, 0) is 4.79 Å². The van der Waals surface area contributed by atoms with E-state index in [1.807, 2.05) is 0 Å². The molecule has 1 saturated carbocycles. The minimum atomic E-state index is 0.0666. The van der Waals surface area contributed by atoms with Gasteiger partial charge >= 0.3 is 0 Å². The molecular weight excluding hydrogens is 314 g/mol. The van der Waals surface area contributed by atoms with Gasteiger partial charge < -0.3 is 16.0 Å². The highest BCUT2D eigenvalue weighted by Gasteiger charge is 2.20. The Kier molecular flexibility index (Phi) is 9.08. The van der Waals surface area contributed by atoms with Gasteiger partial charge in [0.05, 0.1) is 6.54 Å². The summed E-state index contributed by atoms with van der Waals surface area (Å²) in [6.45, 7) is 5.67. The summed E-state index contributed by atoms with van der Waals surface area (Å²) in [4.78, 5) is 18.9. The summed E-state index contributed by atoms with van der Waals surface area (Å²) in [5.41, 5.74) is 0. The van der Waals surface area contributed by atoms with Gasteiger partial charge in [0, 0.05) is 32.2 Å². The van der Waals surface area contributed by atoms with Crippen molar-refractivity contribution in [1.29, 1.82) is 0 Å². The monoisotopic (exact) mass is 351 g/mol. The fourth-order valence-corrected chi connectivity index (χ4v) is 4.04. The highest BCUT2D eigenvalue weighted by molar-refractivity contribution is 5.86. The lowest BCUT2D eigenvalue weighted by Crippen LogP contribution is -2.48. The predicted octanol–water partition coefficient (Wildman–Crippen LogP) is 1.86. The van der Waals surface area contributed by atoms with Crippen LogP contribution < -0.4 is 16.0 Å². The molecule has 1 atom stereocenters. The molecule has 3 N–H and O–H groups in total. The van der Waals surface area contributed by atoms with Gasteiger partial charge in [-0.3, -0.25) is 14.7 Å². The van der Waals surface area contributed by atoms with E-state index in [2.05, 4.69) is 32.8 Å². The normalized spacial score (nSPS) is 23.3. The summed E-state index contributed by atoms with van der Waals surface area (Å²) in [6, 6.07) is 1.09. The van der Waals surface area contributed by atoms with Crippen LogP contribution in [0.3, 0.4) is 0 Å². The van der Waals surface area contributed by atoms with Crippen molar-refractivity contribution < 1.29 is 4.79 Å². The molecule has 0 aromatic rings. The maximum absolute atomic E-state index is 12.1. The molecule has 0 radical (unpaired) electrons. The van der Waals surface area contributed by atoms with E-state index < -0.39 is 0 Å². The molecule has 1 unspecified atom stereocenters. The van der Waals surface area contributed by atoms with Crippen LogP contribution in [0.4, 0.5) is 0 Å². The second-order valence-electron chi connectivity index (χ2n) is 7.35. The second kappa shape index (κ2) is 11.3. The summed E-state index contributed by atoms with van der Waals surface area (Å²) in [5.74, 6) is 0.778. The molecule has 25 heavy (non-hydrogen) atoms. The molecular formula is C19H37N5O. The van der Waals surface area contributed by atoms with Crippen LogP contribution in [0.1, 0.15) is 64.7 Å². The average molecular weight is 352 g/mol. The van der Waals surface area contributed by atoms with Crippen LogP contribution in [0.5, 0.6) is 0 Å². The molecule has 1 heterocycles. The number of rotatable bonds is 7. The van der Waals surface area contributed by atoms with Crippen molar-refractivity contribution in [3.05, 3.63) is 0 Å². The molecule has 1 amide bonds. The number of nitrogens with zero attached hydrogens (tertiary/aromatic N) is 2. The third-order valence-corrected chi connectivity index (χ3v) is 5.52. The van der Waals surface area contributed by atoms with Gasteiger partial charge in [0.25, 0.3) is 0 Å². The SMILES string of the molecule is CCC1CCCCN1CCNC(=NC)NCC(=O)NC1CCCCC1. The van der Waals surface area contributed by atoms with Gasteiger partial charge in [-0.2, -0.15) is 0 Å². The minimum absolute atomic E-state index is 0.0666. The fraction of sp³-hybridized carbons (Fsp3) is 0.895. The summed E-state index contributed by atoms with van der Waals surface area (Å²) >= 11 is 0. The van der Waals surface area contributed by atoms with E-state index in [4.69, 9.17) is 0 Å². The topological polar surface area (TPSA) is 68.8 Å². The molecule has 0 bridgehead atoms. The Morgan fingerprint density at radius 2 is 1.84 bits per heavy atom. The van der Waals surface area contributed by atoms with Crippen LogP contribution in [-0.4, -0.2) is 62.1 Å². The number of hydrogen-bond acceptors (Lipinski definition) is 3. The van der Waals surface area contributed by atoms with Crippen molar-refractivity contribution in [3.63, 3.8) is 0 Å².